The third-order valence-corrected chi connectivity index (χ3v) is 9.08. The summed E-state index contributed by atoms with van der Waals surface area (Å²) in [6.07, 6.45) is 1.54. The molecular weight excluding hydrogens is 468 g/mol. The number of nitrogens with zero attached hydrogens (tertiary/aromatic N) is 3. The Balaban J connectivity index is 1.47. The van der Waals surface area contributed by atoms with Crippen LogP contribution in [0.2, 0.25) is 0 Å². The Bertz CT molecular complexity index is 1280. The smallest absolute Gasteiger partial charge is 0.286 e. The lowest BCUT2D eigenvalue weighted by atomic mass is 9.87. The average molecular weight is 499 g/mol. The van der Waals surface area contributed by atoms with Crippen molar-refractivity contribution in [2.24, 2.45) is 0 Å². The van der Waals surface area contributed by atoms with E-state index >= 15 is 0 Å². The zero-order valence-corrected chi connectivity index (χ0v) is 21.5. The molecule has 4 rings (SSSR count). The van der Waals surface area contributed by atoms with Gasteiger partial charge in [0.2, 0.25) is 15.0 Å². The molecule has 1 aromatic heterocycles. The lowest BCUT2D eigenvalue weighted by molar-refractivity contribution is 0.102. The molecule has 2 heterocycles. The first-order valence-electron chi connectivity index (χ1n) is 11.4. The highest BCUT2D eigenvalue weighted by Crippen LogP contribution is 2.33. The maximum Gasteiger partial charge on any atom is 0.286 e. The molecule has 0 bridgehead atoms. The number of amides is 1. The van der Waals surface area contributed by atoms with Gasteiger partial charge in [0.05, 0.1) is 4.90 Å². The maximum absolute atomic E-state index is 13.3. The molecule has 180 valence electrons. The van der Waals surface area contributed by atoms with Crippen LogP contribution in [0.3, 0.4) is 0 Å². The lowest BCUT2D eigenvalue weighted by Crippen LogP contribution is -2.39. The van der Waals surface area contributed by atoms with Crippen LogP contribution in [0, 0.1) is 6.92 Å². The van der Waals surface area contributed by atoms with Gasteiger partial charge in [0.15, 0.2) is 0 Å². The molecule has 1 saturated heterocycles. The molecule has 0 radical (unpaired) electrons. The van der Waals surface area contributed by atoms with Crippen molar-refractivity contribution in [3.05, 3.63) is 69.7 Å². The molecule has 0 unspecified atom stereocenters. The molecule has 0 saturated carbocycles. The quantitative estimate of drug-likeness (QED) is 0.536. The number of carbonyl (C=O) groups is 1. The first-order chi connectivity index (χ1) is 16.1. The zero-order chi connectivity index (χ0) is 24.5. The number of sulfonamides is 1. The van der Waals surface area contributed by atoms with E-state index in [-0.39, 0.29) is 22.2 Å². The number of anilines is 1. The van der Waals surface area contributed by atoms with Gasteiger partial charge in [-0.1, -0.05) is 62.4 Å². The molecule has 0 spiro atoms. The molecule has 3 aromatic rings. The molecule has 1 fully saturated rings. The number of nitrogens with one attached hydrogen (secondary N) is 1. The van der Waals surface area contributed by atoms with Crippen LogP contribution >= 0.6 is 11.3 Å². The van der Waals surface area contributed by atoms with Gasteiger partial charge in [-0.05, 0) is 54.5 Å². The van der Waals surface area contributed by atoms with E-state index in [1.54, 1.807) is 12.1 Å². The molecule has 2 aromatic carbocycles. The van der Waals surface area contributed by atoms with Crippen LogP contribution in [0.5, 0.6) is 0 Å². The minimum Gasteiger partial charge on any atom is -0.320 e. The minimum atomic E-state index is -3.61. The Kier molecular flexibility index (Phi) is 6.89. The average Bonchev–Trinajstić information content (AvgIpc) is 3.31. The summed E-state index contributed by atoms with van der Waals surface area (Å²) in [5, 5.41) is 12.2. The predicted molar refractivity (Wildman–Crippen MR) is 135 cm³/mol. The largest absolute Gasteiger partial charge is 0.320 e. The molecule has 1 atom stereocenters. The Hall–Kier alpha value is -2.62. The highest BCUT2D eigenvalue weighted by molar-refractivity contribution is 7.89. The first kappa shape index (κ1) is 24.5. The summed E-state index contributed by atoms with van der Waals surface area (Å²) in [6, 6.07) is 14.7. The van der Waals surface area contributed by atoms with Crippen LogP contribution in [0.1, 0.15) is 65.5 Å². The summed E-state index contributed by atoms with van der Waals surface area (Å²) in [5.74, 6) is -0.396. The number of rotatable bonds is 5. The van der Waals surface area contributed by atoms with Crippen molar-refractivity contribution < 1.29 is 13.2 Å². The van der Waals surface area contributed by atoms with Gasteiger partial charge in [-0.2, -0.15) is 4.31 Å². The van der Waals surface area contributed by atoms with Crippen LogP contribution in [0.4, 0.5) is 5.69 Å². The number of piperidine rings is 1. The number of benzene rings is 2. The van der Waals surface area contributed by atoms with E-state index in [9.17, 15) is 13.2 Å². The van der Waals surface area contributed by atoms with Crippen LogP contribution < -0.4 is 5.32 Å². The number of aryl methyl sites for hydroxylation is 1. The van der Waals surface area contributed by atoms with Crippen molar-refractivity contribution in [1.82, 2.24) is 14.5 Å². The molecule has 1 amide bonds. The van der Waals surface area contributed by atoms with Gasteiger partial charge in [0.25, 0.3) is 5.91 Å². The minimum absolute atomic E-state index is 0.0421. The van der Waals surface area contributed by atoms with Crippen molar-refractivity contribution >= 4 is 33.0 Å². The summed E-state index contributed by atoms with van der Waals surface area (Å²) in [6.45, 7) is 9.03. The van der Waals surface area contributed by atoms with Crippen molar-refractivity contribution in [3.8, 4) is 0 Å². The van der Waals surface area contributed by atoms with Gasteiger partial charge in [0.1, 0.15) is 5.01 Å². The second-order valence-corrected chi connectivity index (χ2v) is 12.6. The molecule has 1 N–H and O–H groups in total. The summed E-state index contributed by atoms with van der Waals surface area (Å²) < 4.78 is 28.1. The van der Waals surface area contributed by atoms with E-state index in [0.717, 1.165) is 29.7 Å². The van der Waals surface area contributed by atoms with Crippen LogP contribution in [-0.4, -0.2) is 41.9 Å². The van der Waals surface area contributed by atoms with Crippen molar-refractivity contribution in [2.75, 3.05) is 18.4 Å². The van der Waals surface area contributed by atoms with E-state index in [4.69, 9.17) is 0 Å². The normalized spacial score (nSPS) is 17.5. The lowest BCUT2D eigenvalue weighted by Gasteiger charge is -2.31. The van der Waals surface area contributed by atoms with Crippen molar-refractivity contribution in [1.29, 1.82) is 0 Å². The number of hydrogen-bond donors (Lipinski definition) is 1. The second-order valence-electron chi connectivity index (χ2n) is 9.69. The van der Waals surface area contributed by atoms with E-state index in [2.05, 4.69) is 36.3 Å². The summed E-state index contributed by atoms with van der Waals surface area (Å²) >= 11 is 1.23. The fraction of sp³-hybridized carbons (Fsp3) is 0.400. The van der Waals surface area contributed by atoms with Crippen LogP contribution in [0.15, 0.2) is 53.4 Å². The monoisotopic (exact) mass is 498 g/mol. The van der Waals surface area contributed by atoms with Crippen molar-refractivity contribution in [2.45, 2.75) is 56.8 Å². The SMILES string of the molecule is Cc1ccccc1NC(=O)c1nnc([C@@H]2CCCN(S(=O)(=O)c3ccc(C(C)(C)C)cc3)C2)s1. The Morgan fingerprint density at radius 2 is 1.79 bits per heavy atom. The molecule has 34 heavy (non-hydrogen) atoms. The zero-order valence-electron chi connectivity index (χ0n) is 19.9. The molecular formula is C25H30N4O3S2. The third-order valence-electron chi connectivity index (χ3n) is 6.12. The third kappa shape index (κ3) is 5.21. The summed E-state index contributed by atoms with van der Waals surface area (Å²) in [5.41, 5.74) is 2.74. The number of hydrogen-bond acceptors (Lipinski definition) is 6. The highest BCUT2D eigenvalue weighted by atomic mass is 32.2. The Labute approximate surface area is 205 Å². The standard InChI is InChI=1S/C25H30N4O3S2/c1-17-8-5-6-10-21(17)26-22(30)24-28-27-23(33-24)18-9-7-15-29(16-18)34(31,32)20-13-11-19(12-14-20)25(2,3)4/h5-6,8,10-14,18H,7,9,15-16H2,1-4H3,(H,26,30)/t18-/m1/s1. The molecule has 0 aliphatic carbocycles. The Morgan fingerprint density at radius 1 is 1.09 bits per heavy atom. The van der Waals surface area contributed by atoms with Gasteiger partial charge in [-0.25, -0.2) is 8.42 Å². The topological polar surface area (TPSA) is 92.3 Å². The van der Waals surface area contributed by atoms with E-state index in [1.165, 1.54) is 15.6 Å². The summed E-state index contributed by atoms with van der Waals surface area (Å²) in [4.78, 5) is 13.0. The fourth-order valence-electron chi connectivity index (χ4n) is 4.02. The van der Waals surface area contributed by atoms with Gasteiger partial charge >= 0.3 is 0 Å². The molecule has 1 aliphatic rings. The second kappa shape index (κ2) is 9.56. The first-order valence-corrected chi connectivity index (χ1v) is 13.6. The van der Waals surface area contributed by atoms with Gasteiger partial charge < -0.3 is 5.32 Å². The van der Waals surface area contributed by atoms with Crippen LogP contribution in [-0.2, 0) is 15.4 Å². The Morgan fingerprint density at radius 3 is 2.47 bits per heavy atom. The highest BCUT2D eigenvalue weighted by Gasteiger charge is 2.33. The van der Waals surface area contributed by atoms with Gasteiger partial charge in [-0.3, -0.25) is 4.79 Å². The van der Waals surface area contributed by atoms with Gasteiger partial charge in [0, 0.05) is 24.7 Å². The van der Waals surface area contributed by atoms with E-state index < -0.39 is 10.0 Å². The number of aromatic nitrogens is 2. The van der Waals surface area contributed by atoms with Crippen molar-refractivity contribution in [3.63, 3.8) is 0 Å². The molecule has 7 nitrogen and oxygen atoms in total. The summed E-state index contributed by atoms with van der Waals surface area (Å²) in [7, 11) is -3.61. The van der Waals surface area contributed by atoms with E-state index in [0.29, 0.717) is 23.0 Å². The maximum atomic E-state index is 13.3. The fourth-order valence-corrected chi connectivity index (χ4v) is 6.41. The molecule has 1 aliphatic heterocycles. The van der Waals surface area contributed by atoms with Crippen LogP contribution in [0.25, 0.3) is 0 Å². The number of para-hydroxylation sites is 1. The van der Waals surface area contributed by atoms with Gasteiger partial charge in [-0.15, -0.1) is 10.2 Å². The van der Waals surface area contributed by atoms with E-state index in [1.807, 2.05) is 43.3 Å². The number of carbonyl (C=O) groups excluding carboxylic acids is 1. The molecule has 9 heteroatoms. The predicted octanol–water partition coefficient (Wildman–Crippen LogP) is 4.96.